The quantitative estimate of drug-likeness (QED) is 0.510. The predicted molar refractivity (Wildman–Crippen MR) is 119 cm³/mol. The third-order valence-corrected chi connectivity index (χ3v) is 6.85. The number of piperidine rings is 1. The first-order valence-electron chi connectivity index (χ1n) is 10.4. The first kappa shape index (κ1) is 18.3. The Morgan fingerprint density at radius 3 is 2.66 bits per heavy atom. The molecule has 5 rings (SSSR count). The zero-order valence-corrected chi connectivity index (χ0v) is 17.2. The molecule has 2 aromatic carbocycles. The van der Waals surface area contributed by atoms with Gasteiger partial charge in [0.2, 0.25) is 0 Å². The largest absolute Gasteiger partial charge is 0.311 e. The number of nitrogens with zero attached hydrogens (tertiary/aromatic N) is 2. The molecule has 4 heteroatoms. The van der Waals surface area contributed by atoms with E-state index in [1.807, 2.05) is 28.5 Å². The minimum absolute atomic E-state index is 0.0598. The lowest BCUT2D eigenvalue weighted by Crippen LogP contribution is -2.39. The van der Waals surface area contributed by atoms with Crippen molar-refractivity contribution in [2.45, 2.75) is 32.1 Å². The van der Waals surface area contributed by atoms with Crippen LogP contribution < -0.4 is 0 Å². The Bertz CT molecular complexity index is 1050. The molecule has 29 heavy (non-hydrogen) atoms. The number of likely N-dealkylation sites (tertiary alicyclic amines) is 1. The summed E-state index contributed by atoms with van der Waals surface area (Å²) in [5.74, 6) is 0.617. The Balaban J connectivity index is 1.41. The number of carbonyl (C=O) groups is 1. The maximum Gasteiger partial charge on any atom is 0.277 e. The van der Waals surface area contributed by atoms with E-state index in [1.165, 1.54) is 30.5 Å². The second-order valence-corrected chi connectivity index (χ2v) is 8.70. The average Bonchev–Trinajstić information content (AvgIpc) is 3.29. The van der Waals surface area contributed by atoms with Gasteiger partial charge in [-0.1, -0.05) is 54.6 Å². The number of benzene rings is 2. The molecule has 1 saturated heterocycles. The number of rotatable bonds is 3. The monoisotopic (exact) mass is 400 g/mol. The van der Waals surface area contributed by atoms with Gasteiger partial charge in [0.25, 0.3) is 5.91 Å². The van der Waals surface area contributed by atoms with E-state index in [0.29, 0.717) is 11.6 Å². The zero-order chi connectivity index (χ0) is 19.6. The van der Waals surface area contributed by atoms with Gasteiger partial charge in [-0.05, 0) is 55.2 Å². The number of carbonyl (C=O) groups excluding carboxylic acids is 1. The molecule has 1 aromatic heterocycles. The number of hydrogen-bond donors (Lipinski definition) is 0. The first-order chi connectivity index (χ1) is 14.3. The van der Waals surface area contributed by atoms with Crippen molar-refractivity contribution in [2.75, 3.05) is 6.54 Å². The maximum atomic E-state index is 13.2. The van der Waals surface area contributed by atoms with E-state index in [2.05, 4.69) is 42.5 Å². The summed E-state index contributed by atoms with van der Waals surface area (Å²) in [6, 6.07) is 18.7. The summed E-state index contributed by atoms with van der Waals surface area (Å²) in [4.78, 5) is 19.9. The summed E-state index contributed by atoms with van der Waals surface area (Å²) in [6.45, 7) is 0.817. The highest BCUT2D eigenvalue weighted by Crippen LogP contribution is 2.36. The fourth-order valence-corrected chi connectivity index (χ4v) is 5.29. The fourth-order valence-electron chi connectivity index (χ4n) is 4.50. The Labute approximate surface area is 175 Å². The van der Waals surface area contributed by atoms with Crippen molar-refractivity contribution in [3.05, 3.63) is 77.4 Å². The Morgan fingerprint density at radius 1 is 0.966 bits per heavy atom. The lowest BCUT2D eigenvalue weighted by atomic mass is 9.85. The zero-order valence-electron chi connectivity index (χ0n) is 16.4. The van der Waals surface area contributed by atoms with E-state index >= 15 is 0 Å². The van der Waals surface area contributed by atoms with Gasteiger partial charge in [-0.2, -0.15) is 0 Å². The van der Waals surface area contributed by atoms with Gasteiger partial charge in [0.15, 0.2) is 0 Å². The SMILES string of the molecule is O=C(c1csc(-c2cccc(-c3ccccc3)c2)n1)N1CCCC2CCCC=C21. The van der Waals surface area contributed by atoms with Crippen LogP contribution in [0.2, 0.25) is 0 Å². The van der Waals surface area contributed by atoms with Crippen LogP contribution >= 0.6 is 11.3 Å². The molecule has 3 aromatic rings. The van der Waals surface area contributed by atoms with Crippen LogP contribution in [0.3, 0.4) is 0 Å². The topological polar surface area (TPSA) is 33.2 Å². The van der Waals surface area contributed by atoms with Crippen LogP contribution in [-0.4, -0.2) is 22.3 Å². The van der Waals surface area contributed by atoms with Crippen molar-refractivity contribution < 1.29 is 4.79 Å². The minimum atomic E-state index is 0.0598. The van der Waals surface area contributed by atoms with Gasteiger partial charge in [0.1, 0.15) is 10.7 Å². The van der Waals surface area contributed by atoms with E-state index in [1.54, 1.807) is 11.3 Å². The van der Waals surface area contributed by atoms with Crippen molar-refractivity contribution in [1.82, 2.24) is 9.88 Å². The maximum absolute atomic E-state index is 13.2. The Morgan fingerprint density at radius 2 is 1.76 bits per heavy atom. The smallest absolute Gasteiger partial charge is 0.277 e. The van der Waals surface area contributed by atoms with Gasteiger partial charge in [-0.25, -0.2) is 4.98 Å². The number of thiazole rings is 1. The summed E-state index contributed by atoms with van der Waals surface area (Å²) in [7, 11) is 0. The molecule has 3 nitrogen and oxygen atoms in total. The number of hydrogen-bond acceptors (Lipinski definition) is 3. The van der Waals surface area contributed by atoms with Gasteiger partial charge in [0.05, 0.1) is 0 Å². The van der Waals surface area contributed by atoms with Crippen molar-refractivity contribution in [3.8, 4) is 21.7 Å². The number of amides is 1. The molecular weight excluding hydrogens is 376 g/mol. The highest BCUT2D eigenvalue weighted by Gasteiger charge is 2.31. The van der Waals surface area contributed by atoms with Crippen LogP contribution in [0.25, 0.3) is 21.7 Å². The van der Waals surface area contributed by atoms with Crippen LogP contribution in [0, 0.1) is 5.92 Å². The molecule has 2 heterocycles. The van der Waals surface area contributed by atoms with Gasteiger partial charge in [-0.3, -0.25) is 4.79 Å². The van der Waals surface area contributed by atoms with Crippen LogP contribution in [0.15, 0.2) is 71.8 Å². The van der Waals surface area contributed by atoms with Gasteiger partial charge in [0, 0.05) is 23.2 Å². The van der Waals surface area contributed by atoms with Crippen LogP contribution in [0.5, 0.6) is 0 Å². The fraction of sp³-hybridized carbons (Fsp3) is 0.280. The van der Waals surface area contributed by atoms with E-state index in [9.17, 15) is 4.79 Å². The molecule has 0 spiro atoms. The number of allylic oxidation sites excluding steroid dienone is 2. The van der Waals surface area contributed by atoms with Crippen LogP contribution in [-0.2, 0) is 0 Å². The van der Waals surface area contributed by atoms with E-state index in [4.69, 9.17) is 4.98 Å². The summed E-state index contributed by atoms with van der Waals surface area (Å²) in [6.07, 6.45) is 8.12. The second kappa shape index (κ2) is 7.96. The highest BCUT2D eigenvalue weighted by molar-refractivity contribution is 7.13. The van der Waals surface area contributed by atoms with Crippen molar-refractivity contribution in [3.63, 3.8) is 0 Å². The third kappa shape index (κ3) is 3.65. The second-order valence-electron chi connectivity index (χ2n) is 7.84. The number of aromatic nitrogens is 1. The molecule has 0 radical (unpaired) electrons. The molecule has 0 bridgehead atoms. The molecular formula is C25H24N2OS. The molecule has 1 unspecified atom stereocenters. The van der Waals surface area contributed by atoms with Gasteiger partial charge >= 0.3 is 0 Å². The van der Waals surface area contributed by atoms with E-state index < -0.39 is 0 Å². The summed E-state index contributed by atoms with van der Waals surface area (Å²) >= 11 is 1.55. The molecule has 0 N–H and O–H groups in total. The van der Waals surface area contributed by atoms with Crippen molar-refractivity contribution >= 4 is 17.2 Å². The molecule has 1 fully saturated rings. The number of fused-ring (bicyclic) bond motifs is 1. The minimum Gasteiger partial charge on any atom is -0.311 e. The normalized spacial score (nSPS) is 18.8. The van der Waals surface area contributed by atoms with E-state index in [0.717, 1.165) is 35.5 Å². The molecule has 1 aliphatic carbocycles. The highest BCUT2D eigenvalue weighted by atomic mass is 32.1. The van der Waals surface area contributed by atoms with Gasteiger partial charge < -0.3 is 4.90 Å². The van der Waals surface area contributed by atoms with Crippen molar-refractivity contribution in [1.29, 1.82) is 0 Å². The molecule has 1 atom stereocenters. The van der Waals surface area contributed by atoms with Crippen molar-refractivity contribution in [2.24, 2.45) is 5.92 Å². The summed E-state index contributed by atoms with van der Waals surface area (Å²) in [5, 5.41) is 2.82. The molecule has 0 saturated carbocycles. The molecule has 2 aliphatic rings. The molecule has 146 valence electrons. The predicted octanol–water partition coefficient (Wildman–Crippen LogP) is 6.40. The average molecular weight is 401 g/mol. The standard InChI is InChI=1S/C25H24N2OS/c28-25(27-15-7-13-19-10-4-5-14-23(19)27)22-17-29-24(26-22)21-12-6-11-20(16-21)18-8-2-1-3-9-18/h1-3,6,8-9,11-12,14,16-17,19H,4-5,7,10,13,15H2. The first-order valence-corrected chi connectivity index (χ1v) is 11.3. The van der Waals surface area contributed by atoms with Crippen LogP contribution in [0.4, 0.5) is 0 Å². The van der Waals surface area contributed by atoms with E-state index in [-0.39, 0.29) is 5.91 Å². The lowest BCUT2D eigenvalue weighted by Gasteiger charge is -2.37. The third-order valence-electron chi connectivity index (χ3n) is 5.96. The summed E-state index contributed by atoms with van der Waals surface area (Å²) < 4.78 is 0. The van der Waals surface area contributed by atoms with Crippen LogP contribution in [0.1, 0.15) is 42.6 Å². The Kier molecular flexibility index (Phi) is 5.03. The van der Waals surface area contributed by atoms with Gasteiger partial charge in [-0.15, -0.1) is 11.3 Å². The lowest BCUT2D eigenvalue weighted by molar-refractivity contribution is 0.0744. The molecule has 1 aliphatic heterocycles. The molecule has 1 amide bonds. The summed E-state index contributed by atoms with van der Waals surface area (Å²) in [5.41, 5.74) is 5.22. The Hall–Kier alpha value is -2.72.